The molecule has 0 aliphatic carbocycles. The summed E-state index contributed by atoms with van der Waals surface area (Å²) in [6.45, 7) is 1.92. The zero-order valence-electron chi connectivity index (χ0n) is 5.53. The summed E-state index contributed by atoms with van der Waals surface area (Å²) in [6, 6.07) is 0. The molecule has 0 bridgehead atoms. The van der Waals surface area contributed by atoms with Gasteiger partial charge < -0.3 is 11.5 Å². The summed E-state index contributed by atoms with van der Waals surface area (Å²) >= 11 is 0. The highest BCUT2D eigenvalue weighted by Gasteiger charge is 1.85. The number of hydrogen-bond donors (Lipinski definition) is 2. The predicted octanol–water partition coefficient (Wildman–Crippen LogP) is -0.253. The lowest BCUT2D eigenvalue weighted by atomic mass is 10.2. The highest BCUT2D eigenvalue weighted by molar-refractivity contribution is 4.40. The maximum Gasteiger partial charge on any atom is 0.0739 e. The molecular weight excluding hydrogens is 100 g/mol. The standard InChI is InChI=1S/C6H16N2/c7-5-3-1-2-4-6-8/h1-8H2/p+1. The number of hydrogen-bond acceptors (Lipinski definition) is 1. The minimum Gasteiger partial charge on any atom is -0.358 e. The van der Waals surface area contributed by atoms with Crippen molar-refractivity contribution in [3.8, 4) is 0 Å². The molecule has 0 saturated heterocycles. The van der Waals surface area contributed by atoms with E-state index in [-0.39, 0.29) is 0 Å². The zero-order chi connectivity index (χ0) is 6.24. The van der Waals surface area contributed by atoms with E-state index >= 15 is 0 Å². The lowest BCUT2D eigenvalue weighted by Crippen LogP contribution is -2.50. The second kappa shape index (κ2) is 6.92. The van der Waals surface area contributed by atoms with E-state index in [1.54, 1.807) is 0 Å². The monoisotopic (exact) mass is 117 g/mol. The molecule has 2 nitrogen and oxygen atoms in total. The predicted molar refractivity (Wildman–Crippen MR) is 35.3 cm³/mol. The third-order valence-corrected chi connectivity index (χ3v) is 1.20. The van der Waals surface area contributed by atoms with Gasteiger partial charge in [0.15, 0.2) is 0 Å². The molecule has 0 aromatic rings. The van der Waals surface area contributed by atoms with Gasteiger partial charge in [-0.15, -0.1) is 0 Å². The Hall–Kier alpha value is -0.0800. The average molecular weight is 117 g/mol. The van der Waals surface area contributed by atoms with Crippen LogP contribution in [0.3, 0.4) is 0 Å². The van der Waals surface area contributed by atoms with E-state index in [4.69, 9.17) is 5.73 Å². The topological polar surface area (TPSA) is 53.7 Å². The first-order chi connectivity index (χ1) is 3.91. The molecule has 0 saturated carbocycles. The molecule has 0 spiro atoms. The molecule has 0 fully saturated rings. The smallest absolute Gasteiger partial charge is 0.0739 e. The third kappa shape index (κ3) is 5.92. The number of unbranched alkanes of at least 4 members (excludes halogenated alkanes) is 3. The lowest BCUT2D eigenvalue weighted by molar-refractivity contribution is -0.368. The number of quaternary nitrogens is 1. The Kier molecular flexibility index (Phi) is 6.85. The highest BCUT2D eigenvalue weighted by atomic mass is 14.5. The molecule has 0 radical (unpaired) electrons. The summed E-state index contributed by atoms with van der Waals surface area (Å²) in [5.41, 5.74) is 9.05. The first kappa shape index (κ1) is 7.92. The van der Waals surface area contributed by atoms with Crippen molar-refractivity contribution >= 4 is 0 Å². The van der Waals surface area contributed by atoms with Crippen molar-refractivity contribution in [1.29, 1.82) is 0 Å². The maximum atomic E-state index is 5.30. The molecule has 0 aromatic heterocycles. The van der Waals surface area contributed by atoms with Crippen LogP contribution in [0.15, 0.2) is 0 Å². The van der Waals surface area contributed by atoms with E-state index in [1.807, 2.05) is 0 Å². The molecule has 0 rings (SSSR count). The fourth-order valence-electron chi connectivity index (χ4n) is 0.675. The third-order valence-electron chi connectivity index (χ3n) is 1.20. The van der Waals surface area contributed by atoms with Crippen molar-refractivity contribution in [3.63, 3.8) is 0 Å². The number of nitrogens with two attached hydrogens (primary N) is 1. The Balaban J connectivity index is 2.53. The van der Waals surface area contributed by atoms with Crippen LogP contribution in [-0.2, 0) is 0 Å². The summed E-state index contributed by atoms with van der Waals surface area (Å²) in [6.07, 6.45) is 5.03. The first-order valence-electron chi connectivity index (χ1n) is 3.41. The molecule has 0 unspecified atom stereocenters. The molecule has 0 amide bonds. The van der Waals surface area contributed by atoms with E-state index in [0.717, 1.165) is 13.1 Å². The SMILES string of the molecule is NCCCCCC[NH3+]. The lowest BCUT2D eigenvalue weighted by Gasteiger charge is -1.92. The number of rotatable bonds is 5. The van der Waals surface area contributed by atoms with Gasteiger partial charge in [0.25, 0.3) is 0 Å². The van der Waals surface area contributed by atoms with Gasteiger partial charge in [-0.25, -0.2) is 0 Å². The van der Waals surface area contributed by atoms with Crippen molar-refractivity contribution in [3.05, 3.63) is 0 Å². The Bertz CT molecular complexity index is 31.5. The molecule has 0 heterocycles. The van der Waals surface area contributed by atoms with Crippen molar-refractivity contribution in [1.82, 2.24) is 0 Å². The van der Waals surface area contributed by atoms with Crippen LogP contribution in [0.25, 0.3) is 0 Å². The molecule has 50 valence electrons. The van der Waals surface area contributed by atoms with E-state index in [0.29, 0.717) is 0 Å². The van der Waals surface area contributed by atoms with Gasteiger partial charge in [-0.05, 0) is 25.8 Å². The fourth-order valence-corrected chi connectivity index (χ4v) is 0.675. The first-order valence-corrected chi connectivity index (χ1v) is 3.41. The quantitative estimate of drug-likeness (QED) is 0.479. The van der Waals surface area contributed by atoms with Gasteiger partial charge in [-0.3, -0.25) is 0 Å². The Labute approximate surface area is 51.2 Å². The van der Waals surface area contributed by atoms with Crippen LogP contribution in [0.4, 0.5) is 0 Å². The molecule has 5 N–H and O–H groups in total. The Morgan fingerprint density at radius 1 is 1.00 bits per heavy atom. The molecule has 0 aromatic carbocycles. The van der Waals surface area contributed by atoms with E-state index in [1.165, 1.54) is 25.7 Å². The Morgan fingerprint density at radius 3 is 2.12 bits per heavy atom. The Morgan fingerprint density at radius 2 is 1.62 bits per heavy atom. The largest absolute Gasteiger partial charge is 0.358 e. The van der Waals surface area contributed by atoms with Gasteiger partial charge in [0, 0.05) is 0 Å². The molecule has 2 heteroatoms. The summed E-state index contributed by atoms with van der Waals surface area (Å²) in [5, 5.41) is 0. The normalized spacial score (nSPS) is 9.75. The van der Waals surface area contributed by atoms with Gasteiger partial charge in [-0.2, -0.15) is 0 Å². The van der Waals surface area contributed by atoms with Crippen molar-refractivity contribution in [2.45, 2.75) is 25.7 Å². The van der Waals surface area contributed by atoms with Gasteiger partial charge in [-0.1, -0.05) is 6.42 Å². The fraction of sp³-hybridized carbons (Fsp3) is 1.00. The van der Waals surface area contributed by atoms with Crippen LogP contribution in [0.2, 0.25) is 0 Å². The van der Waals surface area contributed by atoms with E-state index < -0.39 is 0 Å². The van der Waals surface area contributed by atoms with Crippen LogP contribution in [0, 0.1) is 0 Å². The van der Waals surface area contributed by atoms with Crippen LogP contribution < -0.4 is 11.5 Å². The van der Waals surface area contributed by atoms with Gasteiger partial charge >= 0.3 is 0 Å². The van der Waals surface area contributed by atoms with Crippen molar-refractivity contribution in [2.75, 3.05) is 13.1 Å². The van der Waals surface area contributed by atoms with Crippen LogP contribution in [0.5, 0.6) is 0 Å². The molecule has 0 aliphatic rings. The maximum absolute atomic E-state index is 5.30. The van der Waals surface area contributed by atoms with Gasteiger partial charge in [0.05, 0.1) is 6.54 Å². The van der Waals surface area contributed by atoms with Gasteiger partial charge in [0.1, 0.15) is 0 Å². The van der Waals surface area contributed by atoms with E-state index in [2.05, 4.69) is 5.73 Å². The summed E-state index contributed by atoms with van der Waals surface area (Å²) in [7, 11) is 0. The van der Waals surface area contributed by atoms with Crippen LogP contribution >= 0.6 is 0 Å². The van der Waals surface area contributed by atoms with Crippen molar-refractivity contribution < 1.29 is 5.73 Å². The summed E-state index contributed by atoms with van der Waals surface area (Å²) in [5.74, 6) is 0. The molecule has 0 aliphatic heterocycles. The average Bonchev–Trinajstić information content (AvgIpc) is 1.81. The molecule has 0 atom stereocenters. The molecular formula is C6H17N2+. The van der Waals surface area contributed by atoms with Crippen LogP contribution in [0.1, 0.15) is 25.7 Å². The zero-order valence-corrected chi connectivity index (χ0v) is 5.53. The highest BCUT2D eigenvalue weighted by Crippen LogP contribution is 1.94. The van der Waals surface area contributed by atoms with Crippen molar-refractivity contribution in [2.24, 2.45) is 5.73 Å². The second-order valence-electron chi connectivity index (χ2n) is 2.06. The van der Waals surface area contributed by atoms with Crippen LogP contribution in [-0.4, -0.2) is 13.1 Å². The van der Waals surface area contributed by atoms with E-state index in [9.17, 15) is 0 Å². The second-order valence-corrected chi connectivity index (χ2v) is 2.06. The minimum atomic E-state index is 0.844. The minimum absolute atomic E-state index is 0.844. The summed E-state index contributed by atoms with van der Waals surface area (Å²) in [4.78, 5) is 0. The van der Waals surface area contributed by atoms with Gasteiger partial charge in [0.2, 0.25) is 0 Å². The molecule has 8 heavy (non-hydrogen) atoms. The summed E-state index contributed by atoms with van der Waals surface area (Å²) < 4.78 is 0.